The predicted molar refractivity (Wildman–Crippen MR) is 82.5 cm³/mol. The highest BCUT2D eigenvalue weighted by atomic mass is 79.9. The fraction of sp³-hybridized carbons (Fsp3) is 0.462. The van der Waals surface area contributed by atoms with Crippen molar-refractivity contribution >= 4 is 38.8 Å². The van der Waals surface area contributed by atoms with Crippen molar-refractivity contribution in [1.82, 2.24) is 0 Å². The molecule has 0 bridgehead atoms. The Morgan fingerprint density at radius 2 is 2.06 bits per heavy atom. The molecule has 0 aliphatic carbocycles. The molecule has 0 fully saturated rings. The van der Waals surface area contributed by atoms with Crippen LogP contribution in [-0.2, 0) is 0 Å². The molecule has 0 saturated heterocycles. The lowest BCUT2D eigenvalue weighted by molar-refractivity contribution is 0.439. The Labute approximate surface area is 121 Å². The van der Waals surface area contributed by atoms with E-state index < -0.39 is 0 Å². The molecule has 0 aromatic heterocycles. The van der Waals surface area contributed by atoms with Gasteiger partial charge in [-0.15, -0.1) is 0 Å². The maximum absolute atomic E-state index is 14.0. The van der Waals surface area contributed by atoms with E-state index in [2.05, 4.69) is 42.0 Å². The molecule has 0 saturated carbocycles. The van der Waals surface area contributed by atoms with E-state index in [-0.39, 0.29) is 10.8 Å². The first-order chi connectivity index (χ1) is 8.34. The van der Waals surface area contributed by atoms with Crippen LogP contribution in [0.3, 0.4) is 0 Å². The molecule has 0 radical (unpaired) electrons. The SMILES string of the molecule is CC(C)C(C)CNc1ccc(C(N)=S)c(Br)c1F. The van der Waals surface area contributed by atoms with Crippen LogP contribution >= 0.6 is 28.1 Å². The summed E-state index contributed by atoms with van der Waals surface area (Å²) in [6, 6.07) is 3.39. The molecule has 1 atom stereocenters. The highest BCUT2D eigenvalue weighted by molar-refractivity contribution is 9.10. The third-order valence-electron chi connectivity index (χ3n) is 3.10. The summed E-state index contributed by atoms with van der Waals surface area (Å²) in [5.41, 5.74) is 6.50. The first-order valence-corrected chi connectivity index (χ1v) is 7.06. The first-order valence-electron chi connectivity index (χ1n) is 5.86. The van der Waals surface area contributed by atoms with Crippen molar-refractivity contribution in [2.45, 2.75) is 20.8 Å². The number of hydrogen-bond acceptors (Lipinski definition) is 2. The number of anilines is 1. The average molecular weight is 333 g/mol. The van der Waals surface area contributed by atoms with Crippen LogP contribution in [0.15, 0.2) is 16.6 Å². The smallest absolute Gasteiger partial charge is 0.161 e. The van der Waals surface area contributed by atoms with Crippen LogP contribution in [0.4, 0.5) is 10.1 Å². The molecule has 2 nitrogen and oxygen atoms in total. The number of hydrogen-bond donors (Lipinski definition) is 2. The Kier molecular flexibility index (Phi) is 5.53. The standard InChI is InChI=1S/C13H18BrFN2S/c1-7(2)8(3)6-17-10-5-4-9(13(16)18)11(14)12(10)15/h4-5,7-8,17H,6H2,1-3H3,(H2,16,18). The average Bonchev–Trinajstić information content (AvgIpc) is 2.30. The van der Waals surface area contributed by atoms with E-state index in [0.29, 0.717) is 27.6 Å². The molecule has 1 aromatic carbocycles. The summed E-state index contributed by atoms with van der Waals surface area (Å²) in [5, 5.41) is 3.11. The lowest BCUT2D eigenvalue weighted by Crippen LogP contribution is -2.17. The van der Waals surface area contributed by atoms with Crippen molar-refractivity contribution < 1.29 is 4.39 Å². The Hall–Kier alpha value is -0.680. The van der Waals surface area contributed by atoms with E-state index in [9.17, 15) is 4.39 Å². The summed E-state index contributed by atoms with van der Waals surface area (Å²) < 4.78 is 14.4. The van der Waals surface area contributed by atoms with Gasteiger partial charge in [0.25, 0.3) is 0 Å². The zero-order valence-corrected chi connectivity index (χ0v) is 13.2. The molecule has 1 unspecified atom stereocenters. The van der Waals surface area contributed by atoms with Gasteiger partial charge in [-0.25, -0.2) is 4.39 Å². The molecule has 5 heteroatoms. The minimum absolute atomic E-state index is 0.183. The molecule has 0 amide bonds. The summed E-state index contributed by atoms with van der Waals surface area (Å²) in [7, 11) is 0. The first kappa shape index (κ1) is 15.4. The second-order valence-electron chi connectivity index (χ2n) is 4.76. The number of thiocarbonyl (C=S) groups is 1. The van der Waals surface area contributed by atoms with Crippen molar-refractivity contribution in [3.8, 4) is 0 Å². The van der Waals surface area contributed by atoms with Gasteiger partial charge in [0, 0.05) is 12.1 Å². The molecular weight excluding hydrogens is 315 g/mol. The van der Waals surface area contributed by atoms with Crippen molar-refractivity contribution in [2.24, 2.45) is 17.6 Å². The molecule has 0 spiro atoms. The van der Waals surface area contributed by atoms with Crippen LogP contribution in [0, 0.1) is 17.7 Å². The van der Waals surface area contributed by atoms with Gasteiger partial charge < -0.3 is 11.1 Å². The molecule has 1 aromatic rings. The van der Waals surface area contributed by atoms with Crippen LogP contribution in [0.1, 0.15) is 26.3 Å². The van der Waals surface area contributed by atoms with Gasteiger partial charge in [-0.2, -0.15) is 0 Å². The monoisotopic (exact) mass is 332 g/mol. The minimum Gasteiger partial charge on any atom is -0.389 e. The van der Waals surface area contributed by atoms with Crippen LogP contribution in [-0.4, -0.2) is 11.5 Å². The van der Waals surface area contributed by atoms with Gasteiger partial charge in [0.15, 0.2) is 5.82 Å². The number of halogens is 2. The van der Waals surface area contributed by atoms with Gasteiger partial charge in [0.05, 0.1) is 10.2 Å². The van der Waals surface area contributed by atoms with E-state index >= 15 is 0 Å². The molecule has 0 heterocycles. The fourth-order valence-electron chi connectivity index (χ4n) is 1.38. The van der Waals surface area contributed by atoms with E-state index in [1.54, 1.807) is 12.1 Å². The molecule has 0 aliphatic heterocycles. The van der Waals surface area contributed by atoms with Gasteiger partial charge >= 0.3 is 0 Å². The van der Waals surface area contributed by atoms with Crippen molar-refractivity contribution in [1.29, 1.82) is 0 Å². The Bertz CT molecular complexity index is 449. The highest BCUT2D eigenvalue weighted by Crippen LogP contribution is 2.27. The van der Waals surface area contributed by atoms with Gasteiger partial charge in [0.2, 0.25) is 0 Å². The molecular formula is C13H18BrFN2S. The Balaban J connectivity index is 2.86. The molecule has 3 N–H and O–H groups in total. The molecule has 0 aliphatic rings. The zero-order valence-electron chi connectivity index (χ0n) is 10.8. The maximum Gasteiger partial charge on any atom is 0.161 e. The summed E-state index contributed by atoms with van der Waals surface area (Å²) >= 11 is 8.04. The fourth-order valence-corrected chi connectivity index (χ4v) is 2.24. The van der Waals surface area contributed by atoms with Gasteiger partial charge in [0.1, 0.15) is 4.99 Å². The number of nitrogens with one attached hydrogen (secondary N) is 1. The minimum atomic E-state index is -0.351. The zero-order chi connectivity index (χ0) is 13.9. The van der Waals surface area contributed by atoms with E-state index in [1.165, 1.54) is 0 Å². The third kappa shape index (κ3) is 3.65. The number of benzene rings is 1. The largest absolute Gasteiger partial charge is 0.389 e. The van der Waals surface area contributed by atoms with E-state index in [1.807, 2.05) is 0 Å². The van der Waals surface area contributed by atoms with E-state index in [0.717, 1.165) is 6.54 Å². The third-order valence-corrected chi connectivity index (χ3v) is 4.10. The summed E-state index contributed by atoms with van der Waals surface area (Å²) in [6.45, 7) is 7.16. The number of rotatable bonds is 5. The van der Waals surface area contributed by atoms with Crippen LogP contribution in [0.5, 0.6) is 0 Å². The summed E-state index contributed by atoms with van der Waals surface area (Å²) in [5.74, 6) is 0.676. The molecule has 100 valence electrons. The Morgan fingerprint density at radius 1 is 1.44 bits per heavy atom. The van der Waals surface area contributed by atoms with Gasteiger partial charge in [-0.05, 0) is 39.9 Å². The Morgan fingerprint density at radius 3 is 2.56 bits per heavy atom. The predicted octanol–water partition coefficient (Wildman–Crippen LogP) is 3.93. The quantitative estimate of drug-likeness (QED) is 0.802. The normalized spacial score (nSPS) is 12.6. The lowest BCUT2D eigenvalue weighted by Gasteiger charge is -2.18. The van der Waals surface area contributed by atoms with Crippen LogP contribution in [0.2, 0.25) is 0 Å². The second kappa shape index (κ2) is 6.48. The highest BCUT2D eigenvalue weighted by Gasteiger charge is 2.14. The lowest BCUT2D eigenvalue weighted by atomic mass is 9.98. The summed E-state index contributed by atoms with van der Waals surface area (Å²) in [4.78, 5) is 0.183. The van der Waals surface area contributed by atoms with E-state index in [4.69, 9.17) is 18.0 Å². The summed E-state index contributed by atoms with van der Waals surface area (Å²) in [6.07, 6.45) is 0. The molecule has 18 heavy (non-hydrogen) atoms. The van der Waals surface area contributed by atoms with Crippen molar-refractivity contribution in [2.75, 3.05) is 11.9 Å². The maximum atomic E-state index is 14.0. The van der Waals surface area contributed by atoms with Crippen molar-refractivity contribution in [3.63, 3.8) is 0 Å². The van der Waals surface area contributed by atoms with Gasteiger partial charge in [-0.1, -0.05) is 33.0 Å². The van der Waals surface area contributed by atoms with Crippen molar-refractivity contribution in [3.05, 3.63) is 28.0 Å². The van der Waals surface area contributed by atoms with Crippen LogP contribution in [0.25, 0.3) is 0 Å². The molecule has 1 rings (SSSR count). The van der Waals surface area contributed by atoms with Gasteiger partial charge in [-0.3, -0.25) is 0 Å². The topological polar surface area (TPSA) is 38.0 Å². The number of nitrogens with two attached hydrogens (primary N) is 1. The van der Waals surface area contributed by atoms with Crippen LogP contribution < -0.4 is 11.1 Å². The second-order valence-corrected chi connectivity index (χ2v) is 5.99.